The van der Waals surface area contributed by atoms with Crippen LogP contribution in [-0.2, 0) is 13.5 Å². The van der Waals surface area contributed by atoms with Gasteiger partial charge in [0, 0.05) is 25.2 Å². The molecule has 1 atom stereocenters. The molecule has 0 bridgehead atoms. The first-order valence-electron chi connectivity index (χ1n) is 7.03. The molecule has 0 aliphatic heterocycles. The van der Waals surface area contributed by atoms with Gasteiger partial charge in [0.2, 0.25) is 0 Å². The quantitative estimate of drug-likeness (QED) is 0.798. The van der Waals surface area contributed by atoms with Gasteiger partial charge in [0.1, 0.15) is 11.5 Å². The number of hydrogen-bond donors (Lipinski definition) is 1. The summed E-state index contributed by atoms with van der Waals surface area (Å²) in [6.07, 6.45) is 0.883. The first kappa shape index (κ1) is 13.5. The molecule has 0 saturated heterocycles. The summed E-state index contributed by atoms with van der Waals surface area (Å²) in [5.74, 6) is 1.51. The van der Waals surface area contributed by atoms with Crippen LogP contribution < -0.4 is 11.1 Å². The van der Waals surface area contributed by atoms with E-state index in [1.165, 1.54) is 4.57 Å². The van der Waals surface area contributed by atoms with Gasteiger partial charge in [0.25, 0.3) is 0 Å². The van der Waals surface area contributed by atoms with Gasteiger partial charge in [-0.2, -0.15) is 0 Å². The van der Waals surface area contributed by atoms with Crippen LogP contribution in [0.1, 0.15) is 31.4 Å². The Balaban J connectivity index is 1.85. The summed E-state index contributed by atoms with van der Waals surface area (Å²) < 4.78 is 12.4. The van der Waals surface area contributed by atoms with Crippen molar-refractivity contribution in [3.63, 3.8) is 0 Å². The van der Waals surface area contributed by atoms with Crippen LogP contribution in [0.15, 0.2) is 44.0 Å². The molecule has 1 unspecified atom stereocenters. The lowest BCUT2D eigenvalue weighted by Gasteiger charge is -2.12. The zero-order chi connectivity index (χ0) is 15.0. The van der Waals surface area contributed by atoms with Crippen LogP contribution >= 0.6 is 0 Å². The molecule has 0 fully saturated rings. The molecule has 0 amide bonds. The smallest absolute Gasteiger partial charge is 0.419 e. The summed E-state index contributed by atoms with van der Waals surface area (Å²) in [6.45, 7) is 4.09. The van der Waals surface area contributed by atoms with Crippen LogP contribution in [0.25, 0.3) is 11.1 Å². The Morgan fingerprint density at radius 3 is 2.76 bits per heavy atom. The lowest BCUT2D eigenvalue weighted by Crippen LogP contribution is -2.08. The van der Waals surface area contributed by atoms with Crippen molar-refractivity contribution >= 4 is 16.8 Å². The lowest BCUT2D eigenvalue weighted by molar-refractivity contribution is 0.454. The molecule has 0 saturated carbocycles. The Hall–Kier alpha value is -2.43. The van der Waals surface area contributed by atoms with Crippen LogP contribution in [0.2, 0.25) is 0 Å². The number of furan rings is 1. The first-order chi connectivity index (χ1) is 10.1. The number of nitrogens with one attached hydrogen (secondary N) is 1. The fourth-order valence-electron chi connectivity index (χ4n) is 2.36. The molecular weight excluding hydrogens is 268 g/mol. The zero-order valence-corrected chi connectivity index (χ0v) is 12.3. The molecule has 2 heterocycles. The van der Waals surface area contributed by atoms with Crippen molar-refractivity contribution in [1.82, 2.24) is 4.57 Å². The standard InChI is InChI=1S/C16H18N2O3/c1-4-12-6-8-14(20-12)10(2)17-11-5-7-13-15(9-11)21-16(19)18(13)3/h5-10,17H,4H2,1-3H3. The maximum Gasteiger partial charge on any atom is 0.419 e. The topological polar surface area (TPSA) is 60.3 Å². The molecule has 1 aromatic carbocycles. The molecule has 0 spiro atoms. The zero-order valence-electron chi connectivity index (χ0n) is 12.3. The number of aromatic nitrogens is 1. The molecule has 0 aliphatic rings. The lowest BCUT2D eigenvalue weighted by atomic mass is 10.2. The number of rotatable bonds is 4. The minimum Gasteiger partial charge on any atom is -0.464 e. The van der Waals surface area contributed by atoms with Crippen molar-refractivity contribution in [1.29, 1.82) is 0 Å². The number of hydrogen-bond acceptors (Lipinski definition) is 4. The van der Waals surface area contributed by atoms with E-state index in [4.69, 9.17) is 8.83 Å². The minimum absolute atomic E-state index is 0.0400. The number of oxazole rings is 1. The number of aryl methyl sites for hydroxylation is 2. The van der Waals surface area contributed by atoms with E-state index in [9.17, 15) is 4.79 Å². The third-order valence-electron chi connectivity index (χ3n) is 3.63. The molecule has 3 aromatic rings. The second-order valence-corrected chi connectivity index (χ2v) is 5.13. The largest absolute Gasteiger partial charge is 0.464 e. The third-order valence-corrected chi connectivity index (χ3v) is 3.63. The molecule has 1 N–H and O–H groups in total. The molecular formula is C16H18N2O3. The van der Waals surface area contributed by atoms with E-state index in [0.29, 0.717) is 5.58 Å². The fourth-order valence-corrected chi connectivity index (χ4v) is 2.36. The number of nitrogens with zero attached hydrogens (tertiary/aromatic N) is 1. The van der Waals surface area contributed by atoms with E-state index < -0.39 is 0 Å². The maximum absolute atomic E-state index is 11.5. The SMILES string of the molecule is CCc1ccc(C(C)Nc2ccc3c(c2)oc(=O)n3C)o1. The summed E-state index contributed by atoms with van der Waals surface area (Å²) in [5, 5.41) is 3.35. The predicted octanol–water partition coefficient (Wildman–Crippen LogP) is 3.46. The van der Waals surface area contributed by atoms with Crippen LogP contribution in [0, 0.1) is 0 Å². The van der Waals surface area contributed by atoms with Crippen LogP contribution in [0.3, 0.4) is 0 Å². The maximum atomic E-state index is 11.5. The summed E-state index contributed by atoms with van der Waals surface area (Å²) in [7, 11) is 1.69. The number of anilines is 1. The minimum atomic E-state index is -0.353. The van der Waals surface area contributed by atoms with Gasteiger partial charge in [-0.15, -0.1) is 0 Å². The Morgan fingerprint density at radius 1 is 1.24 bits per heavy atom. The van der Waals surface area contributed by atoms with Crippen molar-refractivity contribution in [3.05, 3.63) is 52.4 Å². The molecule has 21 heavy (non-hydrogen) atoms. The van der Waals surface area contributed by atoms with Crippen LogP contribution in [0.4, 0.5) is 5.69 Å². The Bertz CT molecular complexity index is 826. The van der Waals surface area contributed by atoms with Crippen LogP contribution in [0.5, 0.6) is 0 Å². The molecule has 0 aliphatic carbocycles. The van der Waals surface area contributed by atoms with E-state index in [2.05, 4.69) is 12.2 Å². The third kappa shape index (κ3) is 2.46. The number of fused-ring (bicyclic) bond motifs is 1. The highest BCUT2D eigenvalue weighted by atomic mass is 16.4. The summed E-state index contributed by atoms with van der Waals surface area (Å²) in [5.41, 5.74) is 2.25. The summed E-state index contributed by atoms with van der Waals surface area (Å²) in [6, 6.07) is 9.65. The summed E-state index contributed by atoms with van der Waals surface area (Å²) in [4.78, 5) is 11.5. The molecule has 3 rings (SSSR count). The molecule has 110 valence electrons. The van der Waals surface area contributed by atoms with Crippen molar-refractivity contribution < 1.29 is 8.83 Å². The highest BCUT2D eigenvalue weighted by molar-refractivity contribution is 5.77. The Morgan fingerprint density at radius 2 is 2.05 bits per heavy atom. The van der Waals surface area contributed by atoms with Crippen LogP contribution in [-0.4, -0.2) is 4.57 Å². The van der Waals surface area contributed by atoms with Crippen molar-refractivity contribution in [2.24, 2.45) is 7.05 Å². The van der Waals surface area contributed by atoms with E-state index in [0.717, 1.165) is 29.1 Å². The second-order valence-electron chi connectivity index (χ2n) is 5.13. The average molecular weight is 286 g/mol. The molecule has 5 nitrogen and oxygen atoms in total. The second kappa shape index (κ2) is 5.16. The van der Waals surface area contributed by atoms with E-state index in [1.54, 1.807) is 7.05 Å². The van der Waals surface area contributed by atoms with Gasteiger partial charge < -0.3 is 14.2 Å². The molecule has 0 radical (unpaired) electrons. The highest BCUT2D eigenvalue weighted by Crippen LogP contribution is 2.24. The average Bonchev–Trinajstić information content (AvgIpc) is 3.05. The molecule has 2 aromatic heterocycles. The van der Waals surface area contributed by atoms with Gasteiger partial charge in [-0.25, -0.2) is 4.79 Å². The normalized spacial score (nSPS) is 12.7. The summed E-state index contributed by atoms with van der Waals surface area (Å²) >= 11 is 0. The highest BCUT2D eigenvalue weighted by Gasteiger charge is 2.12. The van der Waals surface area contributed by atoms with Crippen molar-refractivity contribution in [2.45, 2.75) is 26.3 Å². The van der Waals surface area contributed by atoms with Crippen molar-refractivity contribution in [2.75, 3.05) is 5.32 Å². The van der Waals surface area contributed by atoms with E-state index in [1.807, 2.05) is 37.3 Å². The van der Waals surface area contributed by atoms with E-state index in [-0.39, 0.29) is 11.8 Å². The first-order valence-corrected chi connectivity index (χ1v) is 7.03. The van der Waals surface area contributed by atoms with Crippen molar-refractivity contribution in [3.8, 4) is 0 Å². The number of benzene rings is 1. The predicted molar refractivity (Wildman–Crippen MR) is 81.6 cm³/mol. The van der Waals surface area contributed by atoms with Gasteiger partial charge in [0.05, 0.1) is 11.6 Å². The van der Waals surface area contributed by atoms with Gasteiger partial charge in [-0.1, -0.05) is 6.92 Å². The van der Waals surface area contributed by atoms with Gasteiger partial charge >= 0.3 is 5.76 Å². The molecule has 5 heteroatoms. The van der Waals surface area contributed by atoms with Gasteiger partial charge in [-0.05, 0) is 31.2 Å². The fraction of sp³-hybridized carbons (Fsp3) is 0.312. The Labute approximate surface area is 122 Å². The van der Waals surface area contributed by atoms with E-state index >= 15 is 0 Å². The monoisotopic (exact) mass is 286 g/mol. The Kier molecular flexibility index (Phi) is 3.33. The van der Waals surface area contributed by atoms with Gasteiger partial charge in [0.15, 0.2) is 5.58 Å². The van der Waals surface area contributed by atoms with Gasteiger partial charge in [-0.3, -0.25) is 4.57 Å².